The number of fused-ring (bicyclic) bond motifs is 1. The summed E-state index contributed by atoms with van der Waals surface area (Å²) in [7, 11) is -3.93. The average Bonchev–Trinajstić information content (AvgIpc) is 3.45. The highest BCUT2D eigenvalue weighted by molar-refractivity contribution is 7.89. The number of sulfonamides is 1. The van der Waals surface area contributed by atoms with Crippen LogP contribution in [0.15, 0.2) is 53.7 Å². The van der Waals surface area contributed by atoms with Crippen molar-refractivity contribution in [3.63, 3.8) is 0 Å². The van der Waals surface area contributed by atoms with Crippen molar-refractivity contribution in [1.29, 1.82) is 0 Å². The molecule has 1 aromatic carbocycles. The predicted molar refractivity (Wildman–Crippen MR) is 134 cm³/mol. The van der Waals surface area contributed by atoms with Gasteiger partial charge in [0.25, 0.3) is 5.91 Å². The second kappa shape index (κ2) is 10.5. The first-order chi connectivity index (χ1) is 17.1. The van der Waals surface area contributed by atoms with Crippen LogP contribution in [0.5, 0.6) is 0 Å². The summed E-state index contributed by atoms with van der Waals surface area (Å²) in [6.45, 7) is 6.02. The molecule has 3 atom stereocenters. The van der Waals surface area contributed by atoms with Crippen LogP contribution in [0.1, 0.15) is 61.9 Å². The molecule has 0 radical (unpaired) electrons. The van der Waals surface area contributed by atoms with E-state index >= 15 is 0 Å². The van der Waals surface area contributed by atoms with Gasteiger partial charge in [0.1, 0.15) is 17.0 Å². The molecule has 4 rings (SSSR count). The molecule has 2 fully saturated rings. The fourth-order valence-corrected chi connectivity index (χ4v) is 6.57. The van der Waals surface area contributed by atoms with E-state index in [9.17, 15) is 22.8 Å². The van der Waals surface area contributed by atoms with Gasteiger partial charge in [0.15, 0.2) is 5.78 Å². The number of hydrogen-bond donors (Lipinski definition) is 1. The lowest BCUT2D eigenvalue weighted by atomic mass is 10.0. The summed E-state index contributed by atoms with van der Waals surface area (Å²) in [5, 5.41) is 2.84. The van der Waals surface area contributed by atoms with Crippen molar-refractivity contribution in [2.75, 3.05) is 13.1 Å². The topological polar surface area (TPSA) is 117 Å². The minimum Gasteiger partial charge on any atom is -0.340 e. The largest absolute Gasteiger partial charge is 0.340 e. The highest BCUT2D eigenvalue weighted by Crippen LogP contribution is 2.34. The van der Waals surface area contributed by atoms with E-state index in [0.717, 1.165) is 5.56 Å². The number of nitrogens with one attached hydrogen (secondary N) is 1. The first kappa shape index (κ1) is 26.0. The Morgan fingerprint density at radius 2 is 1.89 bits per heavy atom. The van der Waals surface area contributed by atoms with Crippen LogP contribution in [0, 0.1) is 0 Å². The number of Topliss-reactive ketones (excluding diaryl/α,β-unsaturated/α-hetero) is 1. The highest BCUT2D eigenvalue weighted by Gasteiger charge is 2.54. The van der Waals surface area contributed by atoms with Crippen LogP contribution in [-0.2, 0) is 19.6 Å². The van der Waals surface area contributed by atoms with E-state index in [0.29, 0.717) is 30.7 Å². The normalized spacial score (nSPS) is 21.0. The van der Waals surface area contributed by atoms with E-state index < -0.39 is 28.1 Å². The number of ketones is 1. The Labute approximate surface area is 211 Å². The van der Waals surface area contributed by atoms with Gasteiger partial charge in [0.2, 0.25) is 15.9 Å². The van der Waals surface area contributed by atoms with Gasteiger partial charge in [0, 0.05) is 24.5 Å². The Bertz CT molecular complexity index is 1230. The number of benzene rings is 1. The Morgan fingerprint density at radius 3 is 2.50 bits per heavy atom. The van der Waals surface area contributed by atoms with Gasteiger partial charge >= 0.3 is 0 Å². The van der Waals surface area contributed by atoms with E-state index in [1.165, 1.54) is 33.7 Å². The smallest absolute Gasteiger partial charge is 0.251 e. The van der Waals surface area contributed by atoms with Crippen molar-refractivity contribution >= 4 is 27.6 Å². The molecule has 0 aliphatic carbocycles. The fraction of sp³-hybridized carbons (Fsp3) is 0.462. The zero-order valence-corrected chi connectivity index (χ0v) is 21.6. The molecule has 192 valence electrons. The molecule has 36 heavy (non-hydrogen) atoms. The van der Waals surface area contributed by atoms with E-state index in [4.69, 9.17) is 0 Å². The van der Waals surface area contributed by atoms with Crippen LogP contribution in [0.4, 0.5) is 0 Å². The molecule has 2 aliphatic heterocycles. The van der Waals surface area contributed by atoms with E-state index in [1.54, 1.807) is 12.1 Å². The number of carbonyl (C=O) groups excluding carboxylic acids is 3. The van der Waals surface area contributed by atoms with Gasteiger partial charge in [-0.3, -0.25) is 19.4 Å². The number of nitrogens with zero attached hydrogens (tertiary/aromatic N) is 3. The number of carbonyl (C=O) groups is 3. The van der Waals surface area contributed by atoms with Gasteiger partial charge in [-0.15, -0.1) is 0 Å². The summed E-state index contributed by atoms with van der Waals surface area (Å²) in [5.74, 6) is -0.689. The maximum Gasteiger partial charge on any atom is 0.251 e. The van der Waals surface area contributed by atoms with E-state index in [-0.39, 0.29) is 35.6 Å². The highest BCUT2D eigenvalue weighted by atomic mass is 32.2. The number of aromatic nitrogens is 1. The third kappa shape index (κ3) is 4.92. The number of pyridine rings is 1. The van der Waals surface area contributed by atoms with Crippen molar-refractivity contribution in [2.45, 2.75) is 69.0 Å². The van der Waals surface area contributed by atoms with Crippen LogP contribution >= 0.6 is 0 Å². The lowest BCUT2D eigenvalue weighted by Gasteiger charge is -2.28. The predicted octanol–water partition coefficient (Wildman–Crippen LogP) is 2.35. The van der Waals surface area contributed by atoms with E-state index in [2.05, 4.69) is 24.1 Å². The molecule has 2 aliphatic rings. The maximum absolute atomic E-state index is 13.5. The molecular formula is C26H32N4O5S. The number of rotatable bonds is 8. The molecule has 2 aromatic rings. The molecule has 10 heteroatoms. The van der Waals surface area contributed by atoms with E-state index in [1.807, 2.05) is 19.1 Å². The second-order valence-electron chi connectivity index (χ2n) is 9.63. The van der Waals surface area contributed by atoms with Crippen molar-refractivity contribution in [3.8, 4) is 0 Å². The first-order valence-corrected chi connectivity index (χ1v) is 13.7. The third-order valence-corrected chi connectivity index (χ3v) is 8.78. The quantitative estimate of drug-likeness (QED) is 0.580. The van der Waals surface area contributed by atoms with Crippen LogP contribution < -0.4 is 5.32 Å². The van der Waals surface area contributed by atoms with Gasteiger partial charge in [-0.1, -0.05) is 39.3 Å². The molecule has 1 aromatic heterocycles. The van der Waals surface area contributed by atoms with Gasteiger partial charge in [0.05, 0.1) is 12.6 Å². The van der Waals surface area contributed by atoms with Crippen LogP contribution in [0.25, 0.3) is 0 Å². The van der Waals surface area contributed by atoms with Crippen LogP contribution in [0.2, 0.25) is 0 Å². The first-order valence-electron chi connectivity index (χ1n) is 12.3. The van der Waals surface area contributed by atoms with Crippen molar-refractivity contribution in [3.05, 3.63) is 59.9 Å². The molecule has 3 heterocycles. The van der Waals surface area contributed by atoms with Crippen molar-refractivity contribution < 1.29 is 22.8 Å². The Kier molecular flexibility index (Phi) is 7.56. The molecule has 2 amide bonds. The molecule has 0 saturated carbocycles. The zero-order valence-electron chi connectivity index (χ0n) is 20.8. The molecule has 9 nitrogen and oxygen atoms in total. The monoisotopic (exact) mass is 512 g/mol. The Balaban J connectivity index is 1.51. The summed E-state index contributed by atoms with van der Waals surface area (Å²) >= 11 is 0. The summed E-state index contributed by atoms with van der Waals surface area (Å²) in [5.41, 5.74) is 1.57. The standard InChI is InChI=1S/C26H32N4O5S/c1-4-6-21(28-25(32)19-10-8-18(9-11-19)17(2)3)26(33)29-14-12-22-24(29)23(31)16-30(22)36(34,35)20-7-5-13-27-15-20/h5,7-11,13,15,17,21-22,24H,4,6,12,14,16H2,1-3H3,(H,28,32). The lowest BCUT2D eigenvalue weighted by molar-refractivity contribution is -0.138. The third-order valence-electron chi connectivity index (χ3n) is 6.92. The fourth-order valence-electron chi connectivity index (χ4n) is 4.98. The minimum absolute atomic E-state index is 0.0165. The molecule has 0 bridgehead atoms. The lowest BCUT2D eigenvalue weighted by Crippen LogP contribution is -2.52. The summed E-state index contributed by atoms with van der Waals surface area (Å²) in [6.07, 6.45) is 4.15. The molecule has 3 unspecified atom stereocenters. The number of hydrogen-bond acceptors (Lipinski definition) is 6. The summed E-state index contributed by atoms with van der Waals surface area (Å²) in [6, 6.07) is 7.96. The van der Waals surface area contributed by atoms with Crippen molar-refractivity contribution in [1.82, 2.24) is 19.5 Å². The number of amides is 2. The average molecular weight is 513 g/mol. The zero-order chi connectivity index (χ0) is 26.0. The molecule has 0 spiro atoms. The Morgan fingerprint density at radius 1 is 1.17 bits per heavy atom. The SMILES string of the molecule is CCCC(NC(=O)c1ccc(C(C)C)cc1)C(=O)N1CCC2C1C(=O)CN2S(=O)(=O)c1cccnc1. The van der Waals surface area contributed by atoms with Crippen LogP contribution in [-0.4, -0.2) is 71.4 Å². The molecular weight excluding hydrogens is 480 g/mol. The van der Waals surface area contributed by atoms with Gasteiger partial charge in [-0.2, -0.15) is 4.31 Å². The molecule has 2 saturated heterocycles. The van der Waals surface area contributed by atoms with Crippen molar-refractivity contribution in [2.24, 2.45) is 0 Å². The second-order valence-corrected chi connectivity index (χ2v) is 11.5. The summed E-state index contributed by atoms with van der Waals surface area (Å²) in [4.78, 5) is 44.8. The maximum atomic E-state index is 13.5. The minimum atomic E-state index is -3.93. The Hall–Kier alpha value is -3.11. The van der Waals surface area contributed by atoms with Gasteiger partial charge in [-0.25, -0.2) is 8.42 Å². The summed E-state index contributed by atoms with van der Waals surface area (Å²) < 4.78 is 27.5. The molecule has 1 N–H and O–H groups in total. The van der Waals surface area contributed by atoms with Crippen LogP contribution in [0.3, 0.4) is 0 Å². The number of likely N-dealkylation sites (tertiary alicyclic amines) is 1. The van der Waals surface area contributed by atoms with Gasteiger partial charge < -0.3 is 10.2 Å². The van der Waals surface area contributed by atoms with Gasteiger partial charge in [-0.05, 0) is 48.6 Å².